The average molecular weight is 522 g/mol. The number of nitrogens with zero attached hydrogens (tertiary/aromatic N) is 2. The summed E-state index contributed by atoms with van der Waals surface area (Å²) in [5, 5.41) is 9.96. The van der Waals surface area contributed by atoms with Crippen molar-refractivity contribution < 1.29 is 17.6 Å². The minimum Gasteiger partial charge on any atom is -0.489 e. The quantitative estimate of drug-likeness (QED) is 0.363. The predicted octanol–water partition coefficient (Wildman–Crippen LogP) is 5.30. The molecule has 10 heteroatoms. The summed E-state index contributed by atoms with van der Waals surface area (Å²) in [5.74, 6) is 0.651. The van der Waals surface area contributed by atoms with Gasteiger partial charge in [-0.05, 0) is 41.7 Å². The number of sulfonamides is 1. The molecule has 1 N–H and O–H groups in total. The average Bonchev–Trinajstić information content (AvgIpc) is 3.22. The Labute approximate surface area is 209 Å². The van der Waals surface area contributed by atoms with E-state index in [1.807, 2.05) is 30.3 Å². The molecule has 0 spiro atoms. The summed E-state index contributed by atoms with van der Waals surface area (Å²) in [5.41, 5.74) is 3.68. The van der Waals surface area contributed by atoms with Gasteiger partial charge in [0, 0.05) is 5.41 Å². The Balaban J connectivity index is 1.73. The van der Waals surface area contributed by atoms with Crippen molar-refractivity contribution in [1.82, 2.24) is 4.98 Å². The molecule has 0 bridgehead atoms. The van der Waals surface area contributed by atoms with E-state index in [9.17, 15) is 13.7 Å². The highest BCUT2D eigenvalue weighted by molar-refractivity contribution is 7.91. The van der Waals surface area contributed by atoms with Crippen molar-refractivity contribution in [2.24, 2.45) is 0 Å². The van der Waals surface area contributed by atoms with Gasteiger partial charge >= 0.3 is 6.01 Å². The van der Waals surface area contributed by atoms with Gasteiger partial charge in [-0.3, -0.25) is 0 Å². The van der Waals surface area contributed by atoms with Crippen LogP contribution in [0.25, 0.3) is 0 Å². The van der Waals surface area contributed by atoms with Crippen molar-refractivity contribution in [3.63, 3.8) is 0 Å². The fourth-order valence-electron chi connectivity index (χ4n) is 3.48. The van der Waals surface area contributed by atoms with Crippen LogP contribution in [0.2, 0.25) is 5.02 Å². The molecule has 3 aromatic rings. The summed E-state index contributed by atoms with van der Waals surface area (Å²) in [7, 11) is -3.43. The zero-order chi connectivity index (χ0) is 24.9. The number of rotatable bonds is 10. The normalized spacial score (nSPS) is 11.8. The first-order valence-corrected chi connectivity index (χ1v) is 13.3. The number of halogens is 2. The Morgan fingerprint density at radius 2 is 1.88 bits per heavy atom. The second-order valence-electron chi connectivity index (χ2n) is 8.32. The topological polar surface area (TPSA) is 105 Å². The second-order valence-corrected chi connectivity index (χ2v) is 10.9. The highest BCUT2D eigenvalue weighted by atomic mass is 35.5. The summed E-state index contributed by atoms with van der Waals surface area (Å²) in [6.45, 7) is 4.41. The number of oxazole rings is 1. The molecule has 2 aromatic carbocycles. The van der Waals surface area contributed by atoms with E-state index in [0.717, 1.165) is 22.9 Å². The summed E-state index contributed by atoms with van der Waals surface area (Å²) in [4.78, 5) is 4.14. The number of nitrogens with one attached hydrogen (secondary N) is 1. The minimum absolute atomic E-state index is 0.0379. The molecule has 3 rings (SSSR count). The van der Waals surface area contributed by atoms with Gasteiger partial charge in [0.25, 0.3) is 0 Å². The van der Waals surface area contributed by atoms with E-state index in [0.29, 0.717) is 40.8 Å². The van der Waals surface area contributed by atoms with Crippen molar-refractivity contribution in [2.45, 2.75) is 32.1 Å². The van der Waals surface area contributed by atoms with Crippen LogP contribution in [0.3, 0.4) is 0 Å². The maximum Gasteiger partial charge on any atom is 0.308 e. The molecular weight excluding hydrogens is 497 g/mol. The van der Waals surface area contributed by atoms with Crippen LogP contribution in [0.4, 0.5) is 6.01 Å². The summed E-state index contributed by atoms with van der Waals surface area (Å²) in [6.07, 6.45) is 3.80. The summed E-state index contributed by atoms with van der Waals surface area (Å²) < 4.78 is 35.5. The molecule has 1 aromatic heterocycles. The number of aryl methyl sites for hydroxylation is 2. The molecule has 0 radical (unpaired) electrons. The number of hydrogen-bond donors (Lipinski definition) is 1. The van der Waals surface area contributed by atoms with Crippen LogP contribution in [0.15, 0.2) is 47.1 Å². The smallest absolute Gasteiger partial charge is 0.308 e. The molecule has 0 amide bonds. The van der Waals surface area contributed by atoms with Crippen LogP contribution in [-0.4, -0.2) is 32.1 Å². The third-order valence-electron chi connectivity index (χ3n) is 5.38. The summed E-state index contributed by atoms with van der Waals surface area (Å²) >= 11 is 12.1. The maximum absolute atomic E-state index is 11.3. The molecule has 0 aliphatic heterocycles. The lowest BCUT2D eigenvalue weighted by Gasteiger charge is -2.27. The zero-order valence-corrected chi connectivity index (χ0v) is 21.4. The van der Waals surface area contributed by atoms with Crippen LogP contribution in [0.5, 0.6) is 5.75 Å². The first kappa shape index (κ1) is 25.9. The van der Waals surface area contributed by atoms with Gasteiger partial charge in [-0.25, -0.2) is 13.1 Å². The van der Waals surface area contributed by atoms with Gasteiger partial charge in [0.05, 0.1) is 28.4 Å². The Morgan fingerprint density at radius 3 is 2.50 bits per heavy atom. The molecule has 0 atom stereocenters. The largest absolute Gasteiger partial charge is 0.489 e. The molecule has 7 nitrogen and oxygen atoms in total. The SMILES string of the molecule is CC(C)(c1ccc(CCc2coc(NS(C)(=O)=O)n2)cc1)c1cc(Cl)c(OCCCl)c(C#N)c1. The molecule has 1 heterocycles. The molecular formula is C24H25Cl2N3O4S. The van der Waals surface area contributed by atoms with Crippen LogP contribution >= 0.6 is 23.2 Å². The standard InChI is InChI=1S/C24H25Cl2N3O4S/c1-24(2,19-12-17(14-27)22(21(26)13-19)32-11-10-25)18-7-4-16(5-8-18)6-9-20-15-33-23(28-20)29-34(3,30)31/h4-5,7-8,12-13,15H,6,9-11H2,1-3H3,(H,28,29). The summed E-state index contributed by atoms with van der Waals surface area (Å²) in [6, 6.07) is 13.9. The Bertz CT molecular complexity index is 1300. The number of benzene rings is 2. The first-order valence-electron chi connectivity index (χ1n) is 10.5. The molecule has 180 valence electrons. The fraction of sp³-hybridized carbons (Fsp3) is 0.333. The Morgan fingerprint density at radius 1 is 1.18 bits per heavy atom. The lowest BCUT2D eigenvalue weighted by Crippen LogP contribution is -2.19. The van der Waals surface area contributed by atoms with Gasteiger partial charge in [0.2, 0.25) is 10.0 Å². The van der Waals surface area contributed by atoms with Crippen molar-refractivity contribution in [3.8, 4) is 11.8 Å². The van der Waals surface area contributed by atoms with Crippen molar-refractivity contribution >= 4 is 39.2 Å². The number of aromatic nitrogens is 1. The van der Waals surface area contributed by atoms with Crippen molar-refractivity contribution in [2.75, 3.05) is 23.5 Å². The predicted molar refractivity (Wildman–Crippen MR) is 133 cm³/mol. The fourth-order valence-corrected chi connectivity index (χ4v) is 4.24. The van der Waals surface area contributed by atoms with E-state index >= 15 is 0 Å². The number of alkyl halides is 1. The van der Waals surface area contributed by atoms with E-state index in [1.165, 1.54) is 6.26 Å². The van der Waals surface area contributed by atoms with Crippen molar-refractivity contribution in [3.05, 3.63) is 75.6 Å². The lowest BCUT2D eigenvalue weighted by atomic mass is 9.77. The van der Waals surface area contributed by atoms with Gasteiger partial charge in [-0.15, -0.1) is 11.6 Å². The maximum atomic E-state index is 11.3. The first-order chi connectivity index (χ1) is 16.0. The molecule has 0 saturated carbocycles. The van der Waals surface area contributed by atoms with Crippen LogP contribution in [-0.2, 0) is 28.3 Å². The van der Waals surface area contributed by atoms with E-state index in [-0.39, 0.29) is 12.6 Å². The third kappa shape index (κ3) is 6.44. The van der Waals surface area contributed by atoms with Crippen LogP contribution in [0, 0.1) is 11.3 Å². The molecule has 0 aliphatic carbocycles. The molecule has 0 saturated heterocycles. The molecule has 0 unspecified atom stereocenters. The number of anilines is 1. The monoisotopic (exact) mass is 521 g/mol. The number of hydrogen-bond acceptors (Lipinski definition) is 6. The van der Waals surface area contributed by atoms with E-state index in [1.54, 1.807) is 6.07 Å². The van der Waals surface area contributed by atoms with Gasteiger partial charge in [-0.2, -0.15) is 10.2 Å². The van der Waals surface area contributed by atoms with Gasteiger partial charge in [-0.1, -0.05) is 49.7 Å². The second kappa shape index (κ2) is 10.7. The number of ether oxygens (including phenoxy) is 1. The Kier molecular flexibility index (Phi) is 8.13. The molecule has 34 heavy (non-hydrogen) atoms. The van der Waals surface area contributed by atoms with Gasteiger partial charge in [0.15, 0.2) is 5.75 Å². The van der Waals surface area contributed by atoms with E-state index < -0.39 is 15.4 Å². The molecule has 0 aliphatic rings. The van der Waals surface area contributed by atoms with Gasteiger partial charge < -0.3 is 9.15 Å². The third-order valence-corrected chi connectivity index (χ3v) is 6.36. The number of nitriles is 1. The van der Waals surface area contributed by atoms with Crippen LogP contribution < -0.4 is 9.46 Å². The van der Waals surface area contributed by atoms with Crippen molar-refractivity contribution in [1.29, 1.82) is 5.26 Å². The van der Waals surface area contributed by atoms with E-state index in [2.05, 4.69) is 29.6 Å². The zero-order valence-electron chi connectivity index (χ0n) is 19.1. The minimum atomic E-state index is -3.43. The van der Waals surface area contributed by atoms with E-state index in [4.69, 9.17) is 32.4 Å². The lowest BCUT2D eigenvalue weighted by molar-refractivity contribution is 0.341. The Hall–Kier alpha value is -2.73. The van der Waals surface area contributed by atoms with Gasteiger partial charge in [0.1, 0.15) is 18.9 Å². The van der Waals surface area contributed by atoms with Crippen LogP contribution in [0.1, 0.15) is 41.8 Å². The highest BCUT2D eigenvalue weighted by Gasteiger charge is 2.26. The highest BCUT2D eigenvalue weighted by Crippen LogP contribution is 2.38. The molecule has 0 fully saturated rings.